The van der Waals surface area contributed by atoms with E-state index in [0.29, 0.717) is 6.04 Å². The summed E-state index contributed by atoms with van der Waals surface area (Å²) < 4.78 is 0. The molecule has 1 heterocycles. The van der Waals surface area contributed by atoms with Crippen molar-refractivity contribution in [3.63, 3.8) is 0 Å². The summed E-state index contributed by atoms with van der Waals surface area (Å²) in [5.74, 6) is 0.767. The second-order valence-electron chi connectivity index (χ2n) is 5.38. The fraction of sp³-hybridized carbons (Fsp3) is 0.733. The first-order chi connectivity index (χ1) is 8.74. The molecule has 18 heavy (non-hydrogen) atoms. The lowest BCUT2D eigenvalue weighted by molar-refractivity contribution is 0.334. The van der Waals surface area contributed by atoms with Gasteiger partial charge in [0, 0.05) is 10.9 Å². The van der Waals surface area contributed by atoms with Gasteiger partial charge in [-0.25, -0.2) is 0 Å². The zero-order chi connectivity index (χ0) is 13.0. The quantitative estimate of drug-likeness (QED) is 0.737. The molecule has 1 aliphatic rings. The van der Waals surface area contributed by atoms with Crippen molar-refractivity contribution < 1.29 is 0 Å². The Morgan fingerprint density at radius 2 is 2.00 bits per heavy atom. The number of thiophene rings is 1. The average Bonchev–Trinajstić information content (AvgIpc) is 2.62. The van der Waals surface area contributed by atoms with Gasteiger partial charge in [-0.05, 0) is 43.2 Å². The van der Waals surface area contributed by atoms with Crippen LogP contribution < -0.4 is 5.32 Å². The highest BCUT2D eigenvalue weighted by molar-refractivity contribution is 7.10. The molecular weight excluding hydrogens is 262 g/mol. The Labute approximate surface area is 120 Å². The molecule has 0 radical (unpaired) electrons. The summed E-state index contributed by atoms with van der Waals surface area (Å²) in [4.78, 5) is 1.36. The molecule has 1 aromatic rings. The van der Waals surface area contributed by atoms with E-state index in [2.05, 4.69) is 24.5 Å². The summed E-state index contributed by atoms with van der Waals surface area (Å²) in [7, 11) is 0. The number of hydrogen-bond acceptors (Lipinski definition) is 2. The minimum Gasteiger partial charge on any atom is -0.309 e. The van der Waals surface area contributed by atoms with Crippen molar-refractivity contribution in [2.24, 2.45) is 5.92 Å². The van der Waals surface area contributed by atoms with Crippen LogP contribution in [-0.4, -0.2) is 6.54 Å². The van der Waals surface area contributed by atoms with Crippen LogP contribution in [0.2, 0.25) is 5.02 Å². The fourth-order valence-corrected chi connectivity index (χ4v) is 4.48. The second-order valence-corrected chi connectivity index (χ2v) is 6.67. The fourth-order valence-electron chi connectivity index (χ4n) is 3.00. The summed E-state index contributed by atoms with van der Waals surface area (Å²) in [6.45, 7) is 5.32. The van der Waals surface area contributed by atoms with Crippen molar-refractivity contribution in [2.45, 2.75) is 58.4 Å². The Balaban J connectivity index is 2.18. The van der Waals surface area contributed by atoms with Crippen LogP contribution in [0.25, 0.3) is 0 Å². The lowest BCUT2D eigenvalue weighted by atomic mass is 9.90. The lowest BCUT2D eigenvalue weighted by Gasteiger charge is -2.26. The smallest absolute Gasteiger partial charge is 0.0590 e. The molecule has 0 amide bonds. The molecule has 0 aromatic carbocycles. The van der Waals surface area contributed by atoms with Gasteiger partial charge in [0.05, 0.1) is 5.02 Å². The Morgan fingerprint density at radius 3 is 2.50 bits per heavy atom. The van der Waals surface area contributed by atoms with Crippen LogP contribution >= 0.6 is 22.9 Å². The third-order valence-electron chi connectivity index (χ3n) is 4.00. The normalized spacial score (nSPS) is 19.7. The maximum absolute atomic E-state index is 6.47. The van der Waals surface area contributed by atoms with Gasteiger partial charge in [0.1, 0.15) is 0 Å². The summed E-state index contributed by atoms with van der Waals surface area (Å²) in [5.41, 5.74) is 1.23. The number of rotatable bonds is 4. The zero-order valence-electron chi connectivity index (χ0n) is 11.5. The Morgan fingerprint density at radius 1 is 1.33 bits per heavy atom. The van der Waals surface area contributed by atoms with Crippen LogP contribution in [0.3, 0.4) is 0 Å². The molecule has 1 N–H and O–H groups in total. The maximum Gasteiger partial charge on any atom is 0.0590 e. The summed E-state index contributed by atoms with van der Waals surface area (Å²) in [6, 6.07) is 0.472. The van der Waals surface area contributed by atoms with Crippen molar-refractivity contribution in [1.29, 1.82) is 0 Å². The van der Waals surface area contributed by atoms with Crippen molar-refractivity contribution in [2.75, 3.05) is 6.54 Å². The monoisotopic (exact) mass is 285 g/mol. The van der Waals surface area contributed by atoms with Gasteiger partial charge in [0.2, 0.25) is 0 Å². The molecule has 1 saturated carbocycles. The van der Waals surface area contributed by atoms with E-state index < -0.39 is 0 Å². The highest BCUT2D eigenvalue weighted by atomic mass is 35.5. The van der Waals surface area contributed by atoms with Gasteiger partial charge in [0.25, 0.3) is 0 Å². The molecule has 0 aliphatic heterocycles. The molecular formula is C15H24ClNS. The number of hydrogen-bond donors (Lipinski definition) is 1. The predicted octanol–water partition coefficient (Wildman–Crippen LogP) is 5.33. The molecule has 102 valence electrons. The average molecular weight is 286 g/mol. The summed E-state index contributed by atoms with van der Waals surface area (Å²) >= 11 is 8.30. The van der Waals surface area contributed by atoms with Gasteiger partial charge in [-0.2, -0.15) is 0 Å². The van der Waals surface area contributed by atoms with E-state index in [4.69, 9.17) is 11.6 Å². The van der Waals surface area contributed by atoms with Crippen molar-refractivity contribution in [3.8, 4) is 0 Å². The highest BCUT2D eigenvalue weighted by Crippen LogP contribution is 2.40. The first-order valence-corrected chi connectivity index (χ1v) is 8.46. The van der Waals surface area contributed by atoms with Crippen LogP contribution in [0, 0.1) is 12.8 Å². The Kier molecular flexibility index (Phi) is 5.53. The van der Waals surface area contributed by atoms with E-state index in [-0.39, 0.29) is 0 Å². The predicted molar refractivity (Wildman–Crippen MR) is 81.7 cm³/mol. The molecule has 1 fully saturated rings. The second kappa shape index (κ2) is 6.93. The SMILES string of the molecule is CCNC(c1scc(C)c1Cl)C1CCCCCC1. The summed E-state index contributed by atoms with van der Waals surface area (Å²) in [6.07, 6.45) is 8.29. The third-order valence-corrected chi connectivity index (χ3v) is 5.80. The van der Waals surface area contributed by atoms with E-state index in [1.54, 1.807) is 0 Å². The van der Waals surface area contributed by atoms with Gasteiger partial charge >= 0.3 is 0 Å². The maximum atomic E-state index is 6.47. The molecule has 1 aromatic heterocycles. The van der Waals surface area contributed by atoms with E-state index in [9.17, 15) is 0 Å². The zero-order valence-corrected chi connectivity index (χ0v) is 13.0. The van der Waals surface area contributed by atoms with Gasteiger partial charge in [0.15, 0.2) is 0 Å². The van der Waals surface area contributed by atoms with Crippen LogP contribution in [0.1, 0.15) is 61.9 Å². The number of nitrogens with one attached hydrogen (secondary N) is 1. The molecule has 0 spiro atoms. The topological polar surface area (TPSA) is 12.0 Å². The largest absolute Gasteiger partial charge is 0.309 e. The standard InChI is InChI=1S/C15H24ClNS/c1-3-17-14(12-8-6-4-5-7-9-12)15-13(16)11(2)10-18-15/h10,12,14,17H,3-9H2,1-2H3. The van der Waals surface area contributed by atoms with Crippen LogP contribution in [0.4, 0.5) is 0 Å². The van der Waals surface area contributed by atoms with Crippen molar-refractivity contribution in [1.82, 2.24) is 5.32 Å². The molecule has 3 heteroatoms. The van der Waals surface area contributed by atoms with E-state index in [0.717, 1.165) is 17.5 Å². The first kappa shape index (κ1) is 14.4. The van der Waals surface area contributed by atoms with E-state index >= 15 is 0 Å². The lowest BCUT2D eigenvalue weighted by Crippen LogP contribution is -2.27. The van der Waals surface area contributed by atoms with Crippen molar-refractivity contribution in [3.05, 3.63) is 20.8 Å². The molecule has 1 aliphatic carbocycles. The molecule has 2 rings (SSSR count). The molecule has 1 unspecified atom stereocenters. The van der Waals surface area contributed by atoms with E-state index in [1.807, 2.05) is 11.3 Å². The van der Waals surface area contributed by atoms with Crippen LogP contribution in [0.5, 0.6) is 0 Å². The van der Waals surface area contributed by atoms with Gasteiger partial charge < -0.3 is 5.32 Å². The van der Waals surface area contributed by atoms with Gasteiger partial charge in [-0.1, -0.05) is 44.2 Å². The Bertz CT molecular complexity index is 367. The van der Waals surface area contributed by atoms with Gasteiger partial charge in [-0.15, -0.1) is 11.3 Å². The molecule has 0 bridgehead atoms. The number of halogens is 1. The minimum absolute atomic E-state index is 0.472. The Hall–Kier alpha value is -0.0500. The molecule has 1 atom stereocenters. The third kappa shape index (κ3) is 3.28. The van der Waals surface area contributed by atoms with Crippen molar-refractivity contribution >= 4 is 22.9 Å². The molecule has 0 saturated heterocycles. The summed E-state index contributed by atoms with van der Waals surface area (Å²) in [5, 5.41) is 6.87. The minimum atomic E-state index is 0.472. The van der Waals surface area contributed by atoms with Crippen LogP contribution in [0.15, 0.2) is 5.38 Å². The first-order valence-electron chi connectivity index (χ1n) is 7.21. The number of aryl methyl sites for hydroxylation is 1. The van der Waals surface area contributed by atoms with E-state index in [1.165, 1.54) is 49.0 Å². The van der Waals surface area contributed by atoms with Crippen LogP contribution in [-0.2, 0) is 0 Å². The molecule has 1 nitrogen and oxygen atoms in total. The highest BCUT2D eigenvalue weighted by Gasteiger charge is 2.26. The van der Waals surface area contributed by atoms with Gasteiger partial charge in [-0.3, -0.25) is 0 Å².